The second kappa shape index (κ2) is 5.14. The number of amides is 1. The molecule has 1 N–H and O–H groups in total. The fourth-order valence-corrected chi connectivity index (χ4v) is 2.35. The first-order chi connectivity index (χ1) is 7.72. The number of hydrogen-bond acceptors (Lipinski definition) is 2. The first-order valence-corrected chi connectivity index (χ1v) is 6.60. The Morgan fingerprint density at radius 2 is 2.12 bits per heavy atom. The van der Waals surface area contributed by atoms with E-state index in [4.69, 9.17) is 0 Å². The Labute approximate surface area is 109 Å². The molecule has 16 heavy (non-hydrogen) atoms. The average Bonchev–Trinajstić information content (AvgIpc) is 2.63. The van der Waals surface area contributed by atoms with Gasteiger partial charge in [0.2, 0.25) is 5.91 Å². The van der Waals surface area contributed by atoms with Crippen molar-refractivity contribution < 1.29 is 4.79 Å². The van der Waals surface area contributed by atoms with Crippen LogP contribution in [0.3, 0.4) is 0 Å². The van der Waals surface area contributed by atoms with Gasteiger partial charge in [0.25, 0.3) is 0 Å². The molecular formula is C12H15IN2O. The molecule has 4 heteroatoms. The fraction of sp³-hybridized carbons (Fsp3) is 0.417. The highest BCUT2D eigenvalue weighted by molar-refractivity contribution is 14.1. The maximum absolute atomic E-state index is 12.0. The van der Waals surface area contributed by atoms with Gasteiger partial charge in [-0.2, -0.15) is 0 Å². The van der Waals surface area contributed by atoms with Gasteiger partial charge >= 0.3 is 0 Å². The number of rotatable bonds is 3. The van der Waals surface area contributed by atoms with Crippen molar-refractivity contribution in [3.63, 3.8) is 0 Å². The first-order valence-electron chi connectivity index (χ1n) is 5.52. The molecule has 2 rings (SSSR count). The van der Waals surface area contributed by atoms with E-state index in [0.717, 1.165) is 25.2 Å². The maximum Gasteiger partial charge on any atom is 0.244 e. The molecule has 1 atom stereocenters. The molecule has 1 aromatic carbocycles. The molecule has 86 valence electrons. The lowest BCUT2D eigenvalue weighted by molar-refractivity contribution is -0.118. The number of carbonyl (C=O) groups excluding carboxylic acids is 1. The Morgan fingerprint density at radius 1 is 1.44 bits per heavy atom. The monoisotopic (exact) mass is 330 g/mol. The van der Waals surface area contributed by atoms with Crippen LogP contribution in [0.1, 0.15) is 13.3 Å². The zero-order valence-corrected chi connectivity index (χ0v) is 11.4. The molecule has 1 amide bonds. The number of halogens is 1. The van der Waals surface area contributed by atoms with Crippen LogP contribution in [0.15, 0.2) is 24.3 Å². The summed E-state index contributed by atoms with van der Waals surface area (Å²) in [4.78, 5) is 13.9. The molecule has 0 spiro atoms. The summed E-state index contributed by atoms with van der Waals surface area (Å²) in [5, 5.41) is 3.21. The van der Waals surface area contributed by atoms with Crippen molar-refractivity contribution in [2.45, 2.75) is 19.4 Å². The van der Waals surface area contributed by atoms with E-state index in [1.165, 1.54) is 3.57 Å². The predicted molar refractivity (Wildman–Crippen MR) is 73.6 cm³/mol. The van der Waals surface area contributed by atoms with Gasteiger partial charge in [-0.1, -0.05) is 6.92 Å². The van der Waals surface area contributed by atoms with E-state index in [1.54, 1.807) is 0 Å². The van der Waals surface area contributed by atoms with Crippen molar-refractivity contribution in [2.75, 3.05) is 18.0 Å². The van der Waals surface area contributed by atoms with Crippen molar-refractivity contribution >= 4 is 34.2 Å². The van der Waals surface area contributed by atoms with Gasteiger partial charge in [-0.15, -0.1) is 0 Å². The third kappa shape index (κ3) is 2.38. The van der Waals surface area contributed by atoms with Crippen LogP contribution in [-0.2, 0) is 4.79 Å². The lowest BCUT2D eigenvalue weighted by Crippen LogP contribution is -2.38. The Balaban J connectivity index is 2.12. The minimum Gasteiger partial charge on any atom is -0.311 e. The Hall–Kier alpha value is -0.620. The summed E-state index contributed by atoms with van der Waals surface area (Å²) in [5.74, 6) is 0.197. The van der Waals surface area contributed by atoms with Crippen LogP contribution >= 0.6 is 22.6 Å². The van der Waals surface area contributed by atoms with E-state index in [-0.39, 0.29) is 11.9 Å². The Morgan fingerprint density at radius 3 is 2.75 bits per heavy atom. The summed E-state index contributed by atoms with van der Waals surface area (Å²) in [6.45, 7) is 3.69. The second-order valence-corrected chi connectivity index (χ2v) is 5.11. The molecule has 1 aliphatic rings. The minimum atomic E-state index is 0.00396. The third-order valence-electron chi connectivity index (χ3n) is 2.79. The van der Waals surface area contributed by atoms with Crippen LogP contribution in [0.5, 0.6) is 0 Å². The predicted octanol–water partition coefficient (Wildman–Crippen LogP) is 2.01. The minimum absolute atomic E-state index is 0.00396. The SMILES string of the molecule is CCNC1CCN(c2ccc(I)cc2)C1=O. The van der Waals surface area contributed by atoms with Crippen LogP contribution < -0.4 is 10.2 Å². The molecule has 1 unspecified atom stereocenters. The molecule has 1 saturated heterocycles. The molecule has 3 nitrogen and oxygen atoms in total. The van der Waals surface area contributed by atoms with E-state index in [0.29, 0.717) is 0 Å². The number of hydrogen-bond donors (Lipinski definition) is 1. The van der Waals surface area contributed by atoms with Crippen LogP contribution in [0.4, 0.5) is 5.69 Å². The average molecular weight is 330 g/mol. The van der Waals surface area contributed by atoms with Crippen molar-refractivity contribution in [3.05, 3.63) is 27.8 Å². The zero-order chi connectivity index (χ0) is 11.5. The first kappa shape index (κ1) is 11.9. The maximum atomic E-state index is 12.0. The highest BCUT2D eigenvalue weighted by Crippen LogP contribution is 2.22. The van der Waals surface area contributed by atoms with Crippen molar-refractivity contribution in [2.24, 2.45) is 0 Å². The van der Waals surface area contributed by atoms with Crippen molar-refractivity contribution in [3.8, 4) is 0 Å². The summed E-state index contributed by atoms with van der Waals surface area (Å²) in [5.41, 5.74) is 1.01. The zero-order valence-electron chi connectivity index (χ0n) is 9.24. The Kier molecular flexibility index (Phi) is 3.81. The molecule has 1 fully saturated rings. The van der Waals surface area contributed by atoms with Crippen molar-refractivity contribution in [1.29, 1.82) is 0 Å². The quantitative estimate of drug-likeness (QED) is 0.860. The van der Waals surface area contributed by atoms with E-state index >= 15 is 0 Å². The summed E-state index contributed by atoms with van der Waals surface area (Å²) in [6.07, 6.45) is 0.901. The van der Waals surface area contributed by atoms with E-state index in [2.05, 4.69) is 27.9 Å². The number of carbonyl (C=O) groups is 1. The van der Waals surface area contributed by atoms with Crippen LogP contribution in [0, 0.1) is 3.57 Å². The van der Waals surface area contributed by atoms with Gasteiger partial charge in [-0.05, 0) is 59.8 Å². The molecule has 1 aliphatic heterocycles. The van der Waals surface area contributed by atoms with Crippen LogP contribution in [-0.4, -0.2) is 25.0 Å². The molecule has 0 bridgehead atoms. The molecule has 1 heterocycles. The van der Waals surface area contributed by atoms with Gasteiger partial charge in [0, 0.05) is 15.8 Å². The fourth-order valence-electron chi connectivity index (χ4n) is 1.99. The van der Waals surface area contributed by atoms with E-state index in [1.807, 2.05) is 36.1 Å². The van der Waals surface area contributed by atoms with Gasteiger partial charge in [0.1, 0.15) is 0 Å². The normalized spacial score (nSPS) is 20.5. The third-order valence-corrected chi connectivity index (χ3v) is 3.51. The number of nitrogens with zero attached hydrogens (tertiary/aromatic N) is 1. The lowest BCUT2D eigenvalue weighted by atomic mass is 10.2. The molecule has 0 aliphatic carbocycles. The van der Waals surface area contributed by atoms with Gasteiger partial charge < -0.3 is 10.2 Å². The van der Waals surface area contributed by atoms with Crippen LogP contribution in [0.25, 0.3) is 0 Å². The second-order valence-electron chi connectivity index (χ2n) is 3.87. The highest BCUT2D eigenvalue weighted by atomic mass is 127. The topological polar surface area (TPSA) is 32.3 Å². The van der Waals surface area contributed by atoms with Crippen molar-refractivity contribution in [1.82, 2.24) is 5.32 Å². The number of anilines is 1. The summed E-state index contributed by atoms with van der Waals surface area (Å²) in [6, 6.07) is 8.08. The van der Waals surface area contributed by atoms with Gasteiger partial charge in [0.05, 0.1) is 6.04 Å². The van der Waals surface area contributed by atoms with E-state index in [9.17, 15) is 4.79 Å². The van der Waals surface area contributed by atoms with Gasteiger partial charge in [0.15, 0.2) is 0 Å². The smallest absolute Gasteiger partial charge is 0.244 e. The lowest BCUT2D eigenvalue weighted by Gasteiger charge is -2.17. The standard InChI is InChI=1S/C12H15IN2O/c1-2-14-11-7-8-15(12(11)16)10-5-3-9(13)4-6-10/h3-6,11,14H,2,7-8H2,1H3. The van der Waals surface area contributed by atoms with Gasteiger partial charge in [-0.3, -0.25) is 4.79 Å². The molecule has 0 saturated carbocycles. The molecular weight excluding hydrogens is 315 g/mol. The van der Waals surface area contributed by atoms with E-state index < -0.39 is 0 Å². The number of benzene rings is 1. The number of likely N-dealkylation sites (N-methyl/N-ethyl adjacent to an activating group) is 1. The largest absolute Gasteiger partial charge is 0.311 e. The molecule has 0 radical (unpaired) electrons. The summed E-state index contributed by atoms with van der Waals surface area (Å²) < 4.78 is 1.19. The molecule has 1 aromatic rings. The molecule has 0 aromatic heterocycles. The summed E-state index contributed by atoms with van der Waals surface area (Å²) in [7, 11) is 0. The number of nitrogens with one attached hydrogen (secondary N) is 1. The van der Waals surface area contributed by atoms with Gasteiger partial charge in [-0.25, -0.2) is 0 Å². The Bertz CT molecular complexity index is 377. The summed E-state index contributed by atoms with van der Waals surface area (Å²) >= 11 is 2.27. The highest BCUT2D eigenvalue weighted by Gasteiger charge is 2.31. The van der Waals surface area contributed by atoms with Crippen LogP contribution in [0.2, 0.25) is 0 Å².